The molecule has 100 valence electrons. The molecule has 0 saturated carbocycles. The number of hydrogen-bond donors (Lipinski definition) is 1. The molecule has 1 aliphatic rings. The van der Waals surface area contributed by atoms with E-state index in [1.54, 1.807) is 0 Å². The largest absolute Gasteiger partial charge is 0.478 e. The topological polar surface area (TPSA) is 37.4 Å². The summed E-state index contributed by atoms with van der Waals surface area (Å²) >= 11 is 0. The zero-order valence-corrected chi connectivity index (χ0v) is 11.4. The zero-order chi connectivity index (χ0) is 12.8. The molecule has 0 aromatic carbocycles. The maximum atomic E-state index is 5.40. The summed E-state index contributed by atoms with van der Waals surface area (Å²) in [4.78, 5) is 6.93. The number of likely N-dealkylation sites (tertiary alicyclic amines) is 1. The summed E-state index contributed by atoms with van der Waals surface area (Å²) in [6.07, 6.45) is 2.68. The van der Waals surface area contributed by atoms with E-state index >= 15 is 0 Å². The van der Waals surface area contributed by atoms with Crippen LogP contribution in [0.3, 0.4) is 0 Å². The lowest BCUT2D eigenvalue weighted by atomic mass is 10.3. The molecule has 1 atom stereocenters. The Morgan fingerprint density at radius 1 is 1.39 bits per heavy atom. The van der Waals surface area contributed by atoms with E-state index in [0.29, 0.717) is 18.5 Å². The van der Waals surface area contributed by atoms with E-state index in [0.717, 1.165) is 12.4 Å². The van der Waals surface area contributed by atoms with Gasteiger partial charge in [0.25, 0.3) is 0 Å². The van der Waals surface area contributed by atoms with Crippen LogP contribution in [0.15, 0.2) is 18.2 Å². The molecule has 2 heterocycles. The standard InChI is InChI=1S/C14H23N3O/c1-3-18-14-8-6-7-13(16-14)15-12(2)11-17-9-4-5-10-17/h6-8,12H,3-5,9-11H2,1-2H3,(H,15,16). The average molecular weight is 249 g/mol. The summed E-state index contributed by atoms with van der Waals surface area (Å²) < 4.78 is 5.40. The van der Waals surface area contributed by atoms with Gasteiger partial charge < -0.3 is 15.0 Å². The summed E-state index contributed by atoms with van der Waals surface area (Å²) in [5, 5.41) is 3.43. The molecule has 0 radical (unpaired) electrons. The molecule has 1 aromatic heterocycles. The van der Waals surface area contributed by atoms with Crippen molar-refractivity contribution < 1.29 is 4.74 Å². The Hall–Kier alpha value is -1.29. The summed E-state index contributed by atoms with van der Waals surface area (Å²) in [6.45, 7) is 8.38. The third-order valence-electron chi connectivity index (χ3n) is 3.14. The van der Waals surface area contributed by atoms with E-state index in [-0.39, 0.29) is 0 Å². The van der Waals surface area contributed by atoms with E-state index in [2.05, 4.69) is 22.1 Å². The maximum Gasteiger partial charge on any atom is 0.215 e. The highest BCUT2D eigenvalue weighted by Gasteiger charge is 2.14. The molecule has 0 bridgehead atoms. The maximum absolute atomic E-state index is 5.40. The SMILES string of the molecule is CCOc1cccc(NC(C)CN2CCCC2)n1. The van der Waals surface area contributed by atoms with Crippen molar-refractivity contribution in [3.63, 3.8) is 0 Å². The summed E-state index contributed by atoms with van der Waals surface area (Å²) in [7, 11) is 0. The first kappa shape index (κ1) is 13.1. The highest BCUT2D eigenvalue weighted by atomic mass is 16.5. The second kappa shape index (κ2) is 6.59. The van der Waals surface area contributed by atoms with Gasteiger partial charge in [-0.15, -0.1) is 0 Å². The van der Waals surface area contributed by atoms with Crippen LogP contribution in [0.1, 0.15) is 26.7 Å². The van der Waals surface area contributed by atoms with Gasteiger partial charge in [-0.1, -0.05) is 6.07 Å². The van der Waals surface area contributed by atoms with E-state index < -0.39 is 0 Å². The van der Waals surface area contributed by atoms with Crippen LogP contribution in [0, 0.1) is 0 Å². The molecule has 1 aromatic rings. The van der Waals surface area contributed by atoms with Crippen LogP contribution in [0.2, 0.25) is 0 Å². The third kappa shape index (κ3) is 3.88. The molecule has 1 unspecified atom stereocenters. The molecule has 0 spiro atoms. The number of aromatic nitrogens is 1. The van der Waals surface area contributed by atoms with Crippen molar-refractivity contribution in [1.29, 1.82) is 0 Å². The zero-order valence-electron chi connectivity index (χ0n) is 11.4. The molecule has 0 aliphatic carbocycles. The summed E-state index contributed by atoms with van der Waals surface area (Å²) in [6, 6.07) is 6.26. The monoisotopic (exact) mass is 249 g/mol. The van der Waals surface area contributed by atoms with Crippen molar-refractivity contribution in [2.75, 3.05) is 31.6 Å². The lowest BCUT2D eigenvalue weighted by Crippen LogP contribution is -2.33. The van der Waals surface area contributed by atoms with Crippen LogP contribution >= 0.6 is 0 Å². The van der Waals surface area contributed by atoms with Gasteiger partial charge in [0.2, 0.25) is 5.88 Å². The highest BCUT2D eigenvalue weighted by molar-refractivity contribution is 5.38. The average Bonchev–Trinajstić information content (AvgIpc) is 2.82. The lowest BCUT2D eigenvalue weighted by Gasteiger charge is -2.21. The first-order chi connectivity index (χ1) is 8.78. The van der Waals surface area contributed by atoms with E-state index in [9.17, 15) is 0 Å². The number of nitrogens with zero attached hydrogens (tertiary/aromatic N) is 2. The van der Waals surface area contributed by atoms with Crippen LogP contribution in [0.5, 0.6) is 5.88 Å². The molecule has 1 fully saturated rings. The Labute approximate surface area is 109 Å². The smallest absolute Gasteiger partial charge is 0.215 e. The van der Waals surface area contributed by atoms with Crippen molar-refractivity contribution >= 4 is 5.82 Å². The number of rotatable bonds is 6. The number of nitrogens with one attached hydrogen (secondary N) is 1. The molecule has 4 heteroatoms. The van der Waals surface area contributed by atoms with E-state index in [4.69, 9.17) is 4.74 Å². The van der Waals surface area contributed by atoms with Crippen molar-refractivity contribution in [3.8, 4) is 5.88 Å². The predicted octanol–water partition coefficient (Wildman–Crippen LogP) is 2.38. The van der Waals surface area contributed by atoms with Gasteiger partial charge in [-0.2, -0.15) is 4.98 Å². The van der Waals surface area contributed by atoms with Crippen LogP contribution in [-0.2, 0) is 0 Å². The quantitative estimate of drug-likeness (QED) is 0.840. The normalized spacial score (nSPS) is 17.7. The van der Waals surface area contributed by atoms with Gasteiger partial charge in [0.05, 0.1) is 6.61 Å². The second-order valence-corrected chi connectivity index (χ2v) is 4.85. The van der Waals surface area contributed by atoms with Crippen LogP contribution < -0.4 is 10.1 Å². The fraction of sp³-hybridized carbons (Fsp3) is 0.643. The number of pyridine rings is 1. The Kier molecular flexibility index (Phi) is 4.81. The Balaban J connectivity index is 1.85. The fourth-order valence-electron chi connectivity index (χ4n) is 2.37. The minimum atomic E-state index is 0.410. The molecular weight excluding hydrogens is 226 g/mol. The Morgan fingerprint density at radius 3 is 2.89 bits per heavy atom. The van der Waals surface area contributed by atoms with Crippen molar-refractivity contribution in [1.82, 2.24) is 9.88 Å². The van der Waals surface area contributed by atoms with Gasteiger partial charge in [0.1, 0.15) is 5.82 Å². The van der Waals surface area contributed by atoms with Gasteiger partial charge in [-0.25, -0.2) is 0 Å². The first-order valence-corrected chi connectivity index (χ1v) is 6.86. The molecule has 1 N–H and O–H groups in total. The highest BCUT2D eigenvalue weighted by Crippen LogP contribution is 2.13. The minimum absolute atomic E-state index is 0.410. The molecule has 4 nitrogen and oxygen atoms in total. The molecule has 18 heavy (non-hydrogen) atoms. The summed E-state index contributed by atoms with van der Waals surface area (Å²) in [5.41, 5.74) is 0. The van der Waals surface area contributed by atoms with Crippen molar-refractivity contribution in [2.24, 2.45) is 0 Å². The van der Waals surface area contributed by atoms with Gasteiger partial charge in [-0.3, -0.25) is 0 Å². The van der Waals surface area contributed by atoms with Crippen molar-refractivity contribution in [3.05, 3.63) is 18.2 Å². The van der Waals surface area contributed by atoms with Crippen LogP contribution in [-0.4, -0.2) is 42.2 Å². The van der Waals surface area contributed by atoms with Crippen LogP contribution in [0.4, 0.5) is 5.82 Å². The predicted molar refractivity (Wildman–Crippen MR) is 74.2 cm³/mol. The lowest BCUT2D eigenvalue weighted by molar-refractivity contribution is 0.324. The van der Waals surface area contributed by atoms with Gasteiger partial charge in [-0.05, 0) is 45.8 Å². The van der Waals surface area contributed by atoms with Crippen LogP contribution in [0.25, 0.3) is 0 Å². The number of hydrogen-bond acceptors (Lipinski definition) is 4. The second-order valence-electron chi connectivity index (χ2n) is 4.85. The molecule has 1 aliphatic heterocycles. The van der Waals surface area contributed by atoms with E-state index in [1.807, 2.05) is 25.1 Å². The van der Waals surface area contributed by atoms with Crippen molar-refractivity contribution in [2.45, 2.75) is 32.7 Å². The Bertz CT molecular complexity index is 364. The molecule has 1 saturated heterocycles. The third-order valence-corrected chi connectivity index (χ3v) is 3.14. The van der Waals surface area contributed by atoms with Gasteiger partial charge in [0.15, 0.2) is 0 Å². The number of anilines is 1. The van der Waals surface area contributed by atoms with Gasteiger partial charge in [0, 0.05) is 18.7 Å². The minimum Gasteiger partial charge on any atom is -0.478 e. The molecule has 0 amide bonds. The number of ether oxygens (including phenoxy) is 1. The molecular formula is C14H23N3O. The fourth-order valence-corrected chi connectivity index (χ4v) is 2.37. The van der Waals surface area contributed by atoms with Gasteiger partial charge >= 0.3 is 0 Å². The summed E-state index contributed by atoms with van der Waals surface area (Å²) in [5.74, 6) is 1.59. The first-order valence-electron chi connectivity index (χ1n) is 6.86. The molecule has 2 rings (SSSR count). The van der Waals surface area contributed by atoms with E-state index in [1.165, 1.54) is 25.9 Å². The Morgan fingerprint density at radius 2 is 2.17 bits per heavy atom.